The molecule has 0 amide bonds. The third-order valence-electron chi connectivity index (χ3n) is 1.47. The first-order valence-electron chi connectivity index (χ1n) is 2.79. The van der Waals surface area contributed by atoms with Crippen molar-refractivity contribution in [3.05, 3.63) is 0 Å². The summed E-state index contributed by atoms with van der Waals surface area (Å²) in [7, 11) is 0. The zero-order chi connectivity index (χ0) is 5.98. The summed E-state index contributed by atoms with van der Waals surface area (Å²) in [6, 6.07) is -0.0394. The van der Waals surface area contributed by atoms with Gasteiger partial charge >= 0.3 is 0 Å². The van der Waals surface area contributed by atoms with Crippen LogP contribution in [-0.4, -0.2) is 24.9 Å². The number of hydrogen-bond acceptors (Lipinski definition) is 3. The van der Waals surface area contributed by atoms with E-state index < -0.39 is 0 Å². The van der Waals surface area contributed by atoms with E-state index in [2.05, 4.69) is 5.32 Å². The highest BCUT2D eigenvalue weighted by molar-refractivity contribution is 5.59. The highest BCUT2D eigenvalue weighted by Crippen LogP contribution is 1.99. The fourth-order valence-electron chi connectivity index (χ4n) is 0.897. The van der Waals surface area contributed by atoms with Gasteiger partial charge in [-0.25, -0.2) is 0 Å². The van der Waals surface area contributed by atoms with E-state index >= 15 is 0 Å². The Hall–Kier alpha value is -0.410. The van der Waals surface area contributed by atoms with Gasteiger partial charge in [-0.05, 0) is 13.0 Å². The molecule has 0 saturated carbocycles. The van der Waals surface area contributed by atoms with Crippen LogP contribution in [0.15, 0.2) is 0 Å². The molecule has 2 atom stereocenters. The molecule has 1 rings (SSSR count). The largest absolute Gasteiger partial charge is 0.326 e. The highest BCUT2D eigenvalue weighted by Gasteiger charge is 2.21. The van der Waals surface area contributed by atoms with Gasteiger partial charge in [0.1, 0.15) is 6.29 Å². The van der Waals surface area contributed by atoms with Crippen LogP contribution in [0.4, 0.5) is 0 Å². The third-order valence-corrected chi connectivity index (χ3v) is 1.47. The SMILES string of the molecule is NC1CCNC1C=O. The molecule has 1 fully saturated rings. The first-order valence-corrected chi connectivity index (χ1v) is 2.79. The van der Waals surface area contributed by atoms with Crippen LogP contribution in [0.5, 0.6) is 0 Å². The second-order valence-corrected chi connectivity index (χ2v) is 2.07. The summed E-state index contributed by atoms with van der Waals surface area (Å²) in [5.74, 6) is 0. The van der Waals surface area contributed by atoms with Gasteiger partial charge in [-0.2, -0.15) is 0 Å². The normalized spacial score (nSPS) is 37.6. The number of nitrogens with two attached hydrogens (primary N) is 1. The van der Waals surface area contributed by atoms with Crippen molar-refractivity contribution in [1.29, 1.82) is 0 Å². The Bertz CT molecular complexity index is 94.4. The lowest BCUT2D eigenvalue weighted by molar-refractivity contribution is -0.109. The van der Waals surface area contributed by atoms with Gasteiger partial charge < -0.3 is 15.8 Å². The minimum atomic E-state index is -0.0880. The van der Waals surface area contributed by atoms with E-state index in [0.717, 1.165) is 19.3 Å². The summed E-state index contributed by atoms with van der Waals surface area (Å²) in [4.78, 5) is 10.1. The molecule has 3 N–H and O–H groups in total. The van der Waals surface area contributed by atoms with Gasteiger partial charge in [-0.15, -0.1) is 0 Å². The summed E-state index contributed by atoms with van der Waals surface area (Å²) < 4.78 is 0. The van der Waals surface area contributed by atoms with Crippen LogP contribution in [0.1, 0.15) is 6.42 Å². The zero-order valence-electron chi connectivity index (χ0n) is 4.63. The maximum atomic E-state index is 10.1. The van der Waals surface area contributed by atoms with Gasteiger partial charge in [0, 0.05) is 6.04 Å². The van der Waals surface area contributed by atoms with Gasteiger partial charge in [0.2, 0.25) is 0 Å². The van der Waals surface area contributed by atoms with Crippen molar-refractivity contribution in [3.8, 4) is 0 Å². The number of nitrogens with one attached hydrogen (secondary N) is 1. The van der Waals surface area contributed by atoms with E-state index in [0.29, 0.717) is 0 Å². The van der Waals surface area contributed by atoms with E-state index in [1.54, 1.807) is 0 Å². The molecular weight excluding hydrogens is 104 g/mol. The number of hydrogen-bond donors (Lipinski definition) is 2. The molecule has 1 heterocycles. The van der Waals surface area contributed by atoms with Crippen molar-refractivity contribution in [3.63, 3.8) is 0 Å². The maximum absolute atomic E-state index is 10.1. The predicted octanol–water partition coefficient (Wildman–Crippen LogP) is -1.13. The Morgan fingerprint density at radius 1 is 1.75 bits per heavy atom. The van der Waals surface area contributed by atoms with Crippen LogP contribution in [0.2, 0.25) is 0 Å². The van der Waals surface area contributed by atoms with Crippen molar-refractivity contribution in [2.45, 2.75) is 18.5 Å². The predicted molar refractivity (Wildman–Crippen MR) is 30.4 cm³/mol. The topological polar surface area (TPSA) is 55.1 Å². The molecule has 1 aliphatic rings. The van der Waals surface area contributed by atoms with E-state index in [-0.39, 0.29) is 12.1 Å². The fourth-order valence-corrected chi connectivity index (χ4v) is 0.897. The molecule has 8 heavy (non-hydrogen) atoms. The first-order chi connectivity index (χ1) is 3.84. The van der Waals surface area contributed by atoms with Crippen molar-refractivity contribution in [1.82, 2.24) is 5.32 Å². The van der Waals surface area contributed by atoms with Gasteiger partial charge in [0.15, 0.2) is 0 Å². The van der Waals surface area contributed by atoms with Gasteiger partial charge in [0.05, 0.1) is 6.04 Å². The maximum Gasteiger partial charge on any atom is 0.138 e. The Morgan fingerprint density at radius 3 is 2.75 bits per heavy atom. The number of aldehydes is 1. The minimum Gasteiger partial charge on any atom is -0.326 e. The molecule has 3 heteroatoms. The molecular formula is C5H10N2O. The molecule has 0 aromatic rings. The molecule has 0 aliphatic carbocycles. The van der Waals surface area contributed by atoms with E-state index in [4.69, 9.17) is 5.73 Å². The van der Waals surface area contributed by atoms with Crippen LogP contribution < -0.4 is 11.1 Å². The van der Waals surface area contributed by atoms with E-state index in [9.17, 15) is 4.79 Å². The molecule has 0 aromatic heterocycles. The summed E-state index contributed by atoms with van der Waals surface area (Å²) in [6.45, 7) is 0.880. The van der Waals surface area contributed by atoms with Gasteiger partial charge in [-0.3, -0.25) is 0 Å². The van der Waals surface area contributed by atoms with E-state index in [1.807, 2.05) is 0 Å². The van der Waals surface area contributed by atoms with Crippen LogP contribution in [0.3, 0.4) is 0 Å². The van der Waals surface area contributed by atoms with Crippen LogP contribution >= 0.6 is 0 Å². The first kappa shape index (κ1) is 5.72. The average molecular weight is 114 g/mol. The van der Waals surface area contributed by atoms with Crippen molar-refractivity contribution < 1.29 is 4.79 Å². The zero-order valence-corrected chi connectivity index (χ0v) is 4.63. The molecule has 0 bridgehead atoms. The molecule has 1 saturated heterocycles. The van der Waals surface area contributed by atoms with Crippen molar-refractivity contribution in [2.75, 3.05) is 6.54 Å². The van der Waals surface area contributed by atoms with Crippen LogP contribution in [0, 0.1) is 0 Å². The third kappa shape index (κ3) is 0.877. The van der Waals surface area contributed by atoms with Crippen LogP contribution in [0.25, 0.3) is 0 Å². The Morgan fingerprint density at radius 2 is 2.50 bits per heavy atom. The Labute approximate surface area is 48.2 Å². The summed E-state index contributed by atoms with van der Waals surface area (Å²) in [5, 5.41) is 2.96. The Kier molecular flexibility index (Phi) is 1.60. The molecule has 0 spiro atoms. The lowest BCUT2D eigenvalue weighted by Gasteiger charge is -2.04. The summed E-state index contributed by atoms with van der Waals surface area (Å²) >= 11 is 0. The highest BCUT2D eigenvalue weighted by atomic mass is 16.1. The number of carbonyl (C=O) groups excluding carboxylic acids is 1. The van der Waals surface area contributed by atoms with Crippen molar-refractivity contribution >= 4 is 6.29 Å². The number of rotatable bonds is 1. The quantitative estimate of drug-likeness (QED) is 0.424. The second-order valence-electron chi connectivity index (χ2n) is 2.07. The van der Waals surface area contributed by atoms with Gasteiger partial charge in [0.25, 0.3) is 0 Å². The second kappa shape index (κ2) is 2.24. The minimum absolute atomic E-state index is 0.0486. The molecule has 3 nitrogen and oxygen atoms in total. The lowest BCUT2D eigenvalue weighted by Crippen LogP contribution is -2.37. The number of carbonyl (C=O) groups is 1. The molecule has 0 aromatic carbocycles. The summed E-state index contributed by atoms with van der Waals surface area (Å²) in [6.07, 6.45) is 1.79. The Balaban J connectivity index is 2.41. The molecule has 2 unspecified atom stereocenters. The smallest absolute Gasteiger partial charge is 0.138 e. The van der Waals surface area contributed by atoms with Crippen LogP contribution in [-0.2, 0) is 4.79 Å². The van der Waals surface area contributed by atoms with Gasteiger partial charge in [-0.1, -0.05) is 0 Å². The summed E-state index contributed by atoms with van der Waals surface area (Å²) in [5.41, 5.74) is 5.50. The molecule has 0 radical (unpaired) electrons. The fraction of sp³-hybridized carbons (Fsp3) is 0.800. The molecule has 1 aliphatic heterocycles. The van der Waals surface area contributed by atoms with E-state index in [1.165, 1.54) is 0 Å². The molecule has 46 valence electrons. The van der Waals surface area contributed by atoms with Crippen molar-refractivity contribution in [2.24, 2.45) is 5.73 Å². The lowest BCUT2D eigenvalue weighted by atomic mass is 10.2. The monoisotopic (exact) mass is 114 g/mol. The standard InChI is InChI=1S/C5H10N2O/c6-4-1-2-7-5(4)3-8/h3-5,7H,1-2,6H2. The average Bonchev–Trinajstić information content (AvgIpc) is 2.14.